The first-order valence-electron chi connectivity index (χ1n) is 5.89. The summed E-state index contributed by atoms with van der Waals surface area (Å²) in [5.41, 5.74) is 1.91. The summed E-state index contributed by atoms with van der Waals surface area (Å²) in [5, 5.41) is 17.8. The summed E-state index contributed by atoms with van der Waals surface area (Å²) in [6, 6.07) is 6.50. The minimum Gasteiger partial charge on any atom is -0.424 e. The number of hydrogen-bond acceptors (Lipinski definition) is 6. The molecule has 2 aromatic heterocycles. The maximum absolute atomic E-state index is 10.7. The number of benzene rings is 1. The Labute approximate surface area is 113 Å². The molecule has 20 heavy (non-hydrogen) atoms. The number of nitro benzene ring substituents is 1. The molecule has 3 aromatic rings. The van der Waals surface area contributed by atoms with E-state index >= 15 is 0 Å². The van der Waals surface area contributed by atoms with E-state index in [1.165, 1.54) is 18.2 Å². The molecular weight excluding hydrogens is 262 g/mol. The highest BCUT2D eigenvalue weighted by molar-refractivity contribution is 5.77. The first-order chi connectivity index (χ1) is 9.63. The van der Waals surface area contributed by atoms with Gasteiger partial charge in [0.25, 0.3) is 11.7 Å². The van der Waals surface area contributed by atoms with Crippen molar-refractivity contribution in [3.63, 3.8) is 0 Å². The Morgan fingerprint density at radius 2 is 2.30 bits per heavy atom. The van der Waals surface area contributed by atoms with E-state index in [9.17, 15) is 10.1 Å². The summed E-state index contributed by atoms with van der Waals surface area (Å²) in [5.74, 6) is 0. The molecule has 0 atom stereocenters. The zero-order valence-electron chi connectivity index (χ0n) is 10.6. The van der Waals surface area contributed by atoms with Gasteiger partial charge in [0.2, 0.25) is 0 Å². The smallest absolute Gasteiger partial charge is 0.296 e. The van der Waals surface area contributed by atoms with Crippen LogP contribution in [0.25, 0.3) is 11.1 Å². The van der Waals surface area contributed by atoms with Crippen LogP contribution >= 0.6 is 0 Å². The lowest BCUT2D eigenvalue weighted by Crippen LogP contribution is -2.05. The van der Waals surface area contributed by atoms with Gasteiger partial charge in [-0.2, -0.15) is 10.1 Å². The van der Waals surface area contributed by atoms with Crippen molar-refractivity contribution in [3.8, 4) is 0 Å². The number of anilines is 1. The van der Waals surface area contributed by atoms with Crippen molar-refractivity contribution in [2.45, 2.75) is 6.54 Å². The Balaban J connectivity index is 1.82. The van der Waals surface area contributed by atoms with Gasteiger partial charge in [-0.25, -0.2) is 0 Å². The summed E-state index contributed by atoms with van der Waals surface area (Å²) in [7, 11) is 1.84. The molecule has 0 aliphatic rings. The van der Waals surface area contributed by atoms with E-state index in [0.717, 1.165) is 5.69 Å². The van der Waals surface area contributed by atoms with Crippen molar-refractivity contribution in [1.82, 2.24) is 14.8 Å². The molecule has 0 saturated heterocycles. The van der Waals surface area contributed by atoms with Crippen LogP contribution in [0, 0.1) is 10.1 Å². The third-order valence-electron chi connectivity index (χ3n) is 2.93. The van der Waals surface area contributed by atoms with Crippen molar-refractivity contribution in [3.05, 3.63) is 46.3 Å². The van der Waals surface area contributed by atoms with Crippen LogP contribution in [0.2, 0.25) is 0 Å². The highest BCUT2D eigenvalue weighted by Crippen LogP contribution is 2.23. The quantitative estimate of drug-likeness (QED) is 0.577. The van der Waals surface area contributed by atoms with E-state index in [1.54, 1.807) is 10.9 Å². The number of nitrogens with one attached hydrogen (secondary N) is 1. The Hall–Kier alpha value is -2.90. The third kappa shape index (κ3) is 2.18. The van der Waals surface area contributed by atoms with E-state index in [-0.39, 0.29) is 5.69 Å². The zero-order valence-corrected chi connectivity index (χ0v) is 10.6. The van der Waals surface area contributed by atoms with Crippen LogP contribution in [0.1, 0.15) is 5.69 Å². The van der Waals surface area contributed by atoms with E-state index in [1.807, 2.05) is 13.1 Å². The van der Waals surface area contributed by atoms with Gasteiger partial charge in [-0.3, -0.25) is 14.8 Å². The van der Waals surface area contributed by atoms with Crippen molar-refractivity contribution in [1.29, 1.82) is 0 Å². The minimum absolute atomic E-state index is 0.0102. The molecule has 0 amide bonds. The molecule has 0 unspecified atom stereocenters. The molecule has 8 heteroatoms. The molecule has 1 aromatic carbocycles. The van der Waals surface area contributed by atoms with Crippen LogP contribution < -0.4 is 5.32 Å². The van der Waals surface area contributed by atoms with Gasteiger partial charge in [0.15, 0.2) is 5.58 Å². The second kappa shape index (κ2) is 4.65. The number of nitrogens with zero attached hydrogens (tertiary/aromatic N) is 4. The van der Waals surface area contributed by atoms with Crippen LogP contribution in [0.4, 0.5) is 11.7 Å². The summed E-state index contributed by atoms with van der Waals surface area (Å²) in [4.78, 5) is 14.4. The van der Waals surface area contributed by atoms with Gasteiger partial charge >= 0.3 is 0 Å². The average molecular weight is 273 g/mol. The summed E-state index contributed by atoms with van der Waals surface area (Å²) >= 11 is 0. The lowest BCUT2D eigenvalue weighted by molar-refractivity contribution is -0.384. The van der Waals surface area contributed by atoms with E-state index < -0.39 is 4.92 Å². The molecular formula is C12H11N5O3. The van der Waals surface area contributed by atoms with E-state index in [2.05, 4.69) is 15.4 Å². The molecule has 0 spiro atoms. The molecule has 0 bridgehead atoms. The lowest BCUT2D eigenvalue weighted by Gasteiger charge is -2.01. The number of nitro groups is 1. The number of aryl methyl sites for hydroxylation is 1. The van der Waals surface area contributed by atoms with Crippen LogP contribution in [0.3, 0.4) is 0 Å². The monoisotopic (exact) mass is 273 g/mol. The van der Waals surface area contributed by atoms with E-state index in [4.69, 9.17) is 4.42 Å². The number of rotatable bonds is 4. The third-order valence-corrected chi connectivity index (χ3v) is 2.93. The van der Waals surface area contributed by atoms with Crippen LogP contribution in [-0.2, 0) is 13.6 Å². The predicted molar refractivity (Wildman–Crippen MR) is 71.2 cm³/mol. The molecule has 8 nitrogen and oxygen atoms in total. The first-order valence-corrected chi connectivity index (χ1v) is 5.89. The van der Waals surface area contributed by atoms with E-state index in [0.29, 0.717) is 23.7 Å². The normalized spacial score (nSPS) is 10.8. The van der Waals surface area contributed by atoms with Gasteiger partial charge < -0.3 is 9.73 Å². The predicted octanol–water partition coefficient (Wildman–Crippen LogP) is 2.08. The Morgan fingerprint density at radius 1 is 1.45 bits per heavy atom. The molecule has 2 heterocycles. The Bertz CT molecular complexity index is 776. The topological polar surface area (TPSA) is 99.0 Å². The standard InChI is InChI=1S/C12H11N5O3/c1-16-9(4-5-14-16)7-13-12-15-10-6-8(17(18)19)2-3-11(10)20-12/h2-6H,7H2,1H3,(H,13,15). The van der Waals surface area contributed by atoms with Gasteiger partial charge in [0.05, 0.1) is 17.2 Å². The molecule has 3 rings (SSSR count). The van der Waals surface area contributed by atoms with Gasteiger partial charge in [-0.1, -0.05) is 0 Å². The van der Waals surface area contributed by atoms with Gasteiger partial charge in [0, 0.05) is 25.4 Å². The fourth-order valence-electron chi connectivity index (χ4n) is 1.85. The molecule has 0 saturated carbocycles. The van der Waals surface area contributed by atoms with Gasteiger partial charge in [-0.05, 0) is 12.1 Å². The maximum Gasteiger partial charge on any atom is 0.296 e. The molecule has 0 fully saturated rings. The van der Waals surface area contributed by atoms with Crippen molar-refractivity contribution in [2.24, 2.45) is 7.05 Å². The number of non-ortho nitro benzene ring substituents is 1. The molecule has 102 valence electrons. The lowest BCUT2D eigenvalue weighted by atomic mass is 10.3. The summed E-state index contributed by atoms with van der Waals surface area (Å²) in [6.07, 6.45) is 1.70. The molecule has 0 aliphatic heterocycles. The summed E-state index contributed by atoms with van der Waals surface area (Å²) in [6.45, 7) is 0.505. The minimum atomic E-state index is -0.461. The number of aromatic nitrogens is 3. The highest BCUT2D eigenvalue weighted by atomic mass is 16.6. The molecule has 0 aliphatic carbocycles. The second-order valence-corrected chi connectivity index (χ2v) is 4.23. The fourth-order valence-corrected chi connectivity index (χ4v) is 1.85. The number of fused-ring (bicyclic) bond motifs is 1. The molecule has 1 N–H and O–H groups in total. The van der Waals surface area contributed by atoms with Crippen molar-refractivity contribution in [2.75, 3.05) is 5.32 Å². The Morgan fingerprint density at radius 3 is 3.00 bits per heavy atom. The SMILES string of the molecule is Cn1nccc1CNc1nc2cc([N+](=O)[O-])ccc2o1. The fraction of sp³-hybridized carbons (Fsp3) is 0.167. The van der Waals surface area contributed by atoms with Crippen LogP contribution in [0.15, 0.2) is 34.9 Å². The average Bonchev–Trinajstić information content (AvgIpc) is 3.00. The van der Waals surface area contributed by atoms with Crippen LogP contribution in [-0.4, -0.2) is 19.7 Å². The highest BCUT2D eigenvalue weighted by Gasteiger charge is 2.11. The Kier molecular flexibility index (Phi) is 2.82. The number of oxazole rings is 1. The van der Waals surface area contributed by atoms with Gasteiger partial charge in [0.1, 0.15) is 5.52 Å². The van der Waals surface area contributed by atoms with Gasteiger partial charge in [-0.15, -0.1) is 0 Å². The van der Waals surface area contributed by atoms with Crippen molar-refractivity contribution >= 4 is 22.8 Å². The molecule has 0 radical (unpaired) electrons. The maximum atomic E-state index is 10.7. The first kappa shape index (κ1) is 12.2. The van der Waals surface area contributed by atoms with Crippen LogP contribution in [0.5, 0.6) is 0 Å². The second-order valence-electron chi connectivity index (χ2n) is 4.23. The zero-order chi connectivity index (χ0) is 14.1. The summed E-state index contributed by atoms with van der Waals surface area (Å²) < 4.78 is 7.20. The van der Waals surface area contributed by atoms with Crippen molar-refractivity contribution < 1.29 is 9.34 Å². The number of hydrogen-bond donors (Lipinski definition) is 1. The largest absolute Gasteiger partial charge is 0.424 e.